The molecule has 2 aromatic rings. The number of nitrogens with zero attached hydrogens (tertiary/aromatic N) is 1. The molecule has 0 saturated heterocycles. The minimum atomic E-state index is 0.564. The highest BCUT2D eigenvalue weighted by molar-refractivity contribution is 14.1. The number of halogens is 1. The normalized spacial score (nSPS) is 9.93. The summed E-state index contributed by atoms with van der Waals surface area (Å²) >= 11 is 2.22. The summed E-state index contributed by atoms with van der Waals surface area (Å²) < 4.78 is 6.64. The molecule has 0 spiro atoms. The van der Waals surface area contributed by atoms with Crippen molar-refractivity contribution in [3.05, 3.63) is 57.8 Å². The molecule has 2 rings (SSSR count). The van der Waals surface area contributed by atoms with Crippen LogP contribution in [0.2, 0.25) is 0 Å². The van der Waals surface area contributed by atoms with Crippen LogP contribution in [0.4, 0.5) is 0 Å². The first-order valence-corrected chi connectivity index (χ1v) is 5.71. The van der Waals surface area contributed by atoms with Crippen LogP contribution >= 0.6 is 22.6 Å². The van der Waals surface area contributed by atoms with Crippen LogP contribution in [0.25, 0.3) is 0 Å². The van der Waals surface area contributed by atoms with Crippen molar-refractivity contribution in [2.24, 2.45) is 0 Å². The molecule has 0 unspecified atom stereocenters. The molecular formula is C12H10INO. The van der Waals surface area contributed by atoms with Gasteiger partial charge in [-0.05, 0) is 34.2 Å². The number of pyridine rings is 1. The van der Waals surface area contributed by atoms with Gasteiger partial charge in [0.05, 0.1) is 0 Å². The molecule has 1 heterocycles. The van der Waals surface area contributed by atoms with Crippen molar-refractivity contribution in [3.63, 3.8) is 0 Å². The topological polar surface area (TPSA) is 22.1 Å². The average Bonchev–Trinajstić information content (AvgIpc) is 2.30. The maximum Gasteiger partial charge on any atom is 0.213 e. The van der Waals surface area contributed by atoms with Gasteiger partial charge in [-0.2, -0.15) is 0 Å². The first-order chi connectivity index (χ1) is 7.34. The number of rotatable bonds is 3. The van der Waals surface area contributed by atoms with Crippen molar-refractivity contribution in [1.82, 2.24) is 4.98 Å². The zero-order chi connectivity index (χ0) is 10.5. The van der Waals surface area contributed by atoms with Crippen LogP contribution in [0, 0.1) is 3.57 Å². The molecule has 0 aliphatic rings. The Kier molecular flexibility index (Phi) is 3.55. The van der Waals surface area contributed by atoms with Gasteiger partial charge in [0.2, 0.25) is 5.88 Å². The fourth-order valence-corrected chi connectivity index (χ4v) is 1.50. The molecule has 0 atom stereocenters. The van der Waals surface area contributed by atoms with Crippen LogP contribution in [0.3, 0.4) is 0 Å². The van der Waals surface area contributed by atoms with E-state index in [9.17, 15) is 0 Å². The molecule has 0 N–H and O–H groups in total. The van der Waals surface area contributed by atoms with E-state index in [0.717, 1.165) is 9.13 Å². The highest BCUT2D eigenvalue weighted by Gasteiger charge is 1.96. The van der Waals surface area contributed by atoms with Crippen molar-refractivity contribution in [2.75, 3.05) is 0 Å². The molecule has 0 aliphatic carbocycles. The number of hydrogen-bond donors (Lipinski definition) is 0. The molecule has 0 fully saturated rings. The predicted molar refractivity (Wildman–Crippen MR) is 67.7 cm³/mol. The molecule has 0 radical (unpaired) electrons. The Morgan fingerprint density at radius 1 is 1.07 bits per heavy atom. The summed E-state index contributed by atoms with van der Waals surface area (Å²) in [6.07, 6.45) is 1.79. The lowest BCUT2D eigenvalue weighted by molar-refractivity contribution is 0.294. The summed E-state index contributed by atoms with van der Waals surface area (Å²) in [6, 6.07) is 13.9. The smallest absolute Gasteiger partial charge is 0.213 e. The number of hydrogen-bond acceptors (Lipinski definition) is 2. The van der Waals surface area contributed by atoms with Gasteiger partial charge in [0.15, 0.2) is 0 Å². The molecule has 0 amide bonds. The van der Waals surface area contributed by atoms with Gasteiger partial charge in [-0.25, -0.2) is 4.98 Å². The third-order valence-corrected chi connectivity index (χ3v) is 2.57. The van der Waals surface area contributed by atoms with Crippen LogP contribution in [0.5, 0.6) is 5.88 Å². The quantitative estimate of drug-likeness (QED) is 0.812. The first kappa shape index (κ1) is 10.4. The van der Waals surface area contributed by atoms with E-state index in [-0.39, 0.29) is 0 Å². The second-order valence-electron chi connectivity index (χ2n) is 3.09. The van der Waals surface area contributed by atoms with E-state index >= 15 is 0 Å². The monoisotopic (exact) mass is 311 g/mol. The van der Waals surface area contributed by atoms with Gasteiger partial charge in [-0.1, -0.05) is 30.3 Å². The van der Waals surface area contributed by atoms with E-state index in [0.29, 0.717) is 12.5 Å². The second kappa shape index (κ2) is 5.11. The van der Waals surface area contributed by atoms with Crippen molar-refractivity contribution in [2.45, 2.75) is 6.61 Å². The third kappa shape index (κ3) is 3.20. The molecule has 76 valence electrons. The lowest BCUT2D eigenvalue weighted by atomic mass is 10.2. The Balaban J connectivity index is 1.96. The average molecular weight is 311 g/mol. The summed E-state index contributed by atoms with van der Waals surface area (Å²) in [5.41, 5.74) is 1.15. The molecular weight excluding hydrogens is 301 g/mol. The highest BCUT2D eigenvalue weighted by atomic mass is 127. The van der Waals surface area contributed by atoms with E-state index in [1.807, 2.05) is 42.5 Å². The molecule has 2 nitrogen and oxygen atoms in total. The van der Waals surface area contributed by atoms with Gasteiger partial charge in [0.25, 0.3) is 0 Å². The van der Waals surface area contributed by atoms with E-state index in [4.69, 9.17) is 4.74 Å². The SMILES string of the molecule is Ic1ccc(OCc2ccccc2)nc1. The van der Waals surface area contributed by atoms with Crippen molar-refractivity contribution in [3.8, 4) is 5.88 Å². The van der Waals surface area contributed by atoms with Gasteiger partial charge < -0.3 is 4.74 Å². The Hall–Kier alpha value is -1.10. The molecule has 15 heavy (non-hydrogen) atoms. The largest absolute Gasteiger partial charge is 0.473 e. The Morgan fingerprint density at radius 3 is 2.53 bits per heavy atom. The van der Waals surface area contributed by atoms with Gasteiger partial charge in [-0.3, -0.25) is 0 Å². The van der Waals surface area contributed by atoms with Crippen molar-refractivity contribution >= 4 is 22.6 Å². The van der Waals surface area contributed by atoms with Crippen molar-refractivity contribution < 1.29 is 4.74 Å². The van der Waals surface area contributed by atoms with Crippen LogP contribution in [-0.4, -0.2) is 4.98 Å². The van der Waals surface area contributed by atoms with E-state index in [1.165, 1.54) is 0 Å². The standard InChI is InChI=1S/C12H10INO/c13-11-6-7-12(14-8-11)15-9-10-4-2-1-3-5-10/h1-8H,9H2. The molecule has 0 aliphatic heterocycles. The zero-order valence-electron chi connectivity index (χ0n) is 8.06. The van der Waals surface area contributed by atoms with Crippen LogP contribution in [-0.2, 0) is 6.61 Å². The van der Waals surface area contributed by atoms with Gasteiger partial charge in [0, 0.05) is 15.8 Å². The Bertz CT molecular complexity index is 413. The maximum absolute atomic E-state index is 5.53. The van der Waals surface area contributed by atoms with Gasteiger partial charge in [0.1, 0.15) is 6.61 Å². The number of benzene rings is 1. The third-order valence-electron chi connectivity index (χ3n) is 1.93. The summed E-state index contributed by atoms with van der Waals surface area (Å²) in [5.74, 6) is 0.666. The summed E-state index contributed by atoms with van der Waals surface area (Å²) in [4.78, 5) is 4.16. The molecule has 0 bridgehead atoms. The summed E-state index contributed by atoms with van der Waals surface area (Å²) in [5, 5.41) is 0. The minimum absolute atomic E-state index is 0.564. The maximum atomic E-state index is 5.53. The number of ether oxygens (including phenoxy) is 1. The van der Waals surface area contributed by atoms with E-state index < -0.39 is 0 Å². The fourth-order valence-electron chi connectivity index (χ4n) is 1.18. The van der Waals surface area contributed by atoms with E-state index in [2.05, 4.69) is 27.6 Å². The van der Waals surface area contributed by atoms with Gasteiger partial charge in [-0.15, -0.1) is 0 Å². The fraction of sp³-hybridized carbons (Fsp3) is 0.0833. The highest BCUT2D eigenvalue weighted by Crippen LogP contribution is 2.11. The van der Waals surface area contributed by atoms with Crippen LogP contribution in [0.1, 0.15) is 5.56 Å². The van der Waals surface area contributed by atoms with E-state index in [1.54, 1.807) is 6.20 Å². The number of aromatic nitrogens is 1. The first-order valence-electron chi connectivity index (χ1n) is 4.63. The van der Waals surface area contributed by atoms with Crippen LogP contribution in [0.15, 0.2) is 48.7 Å². The predicted octanol–water partition coefficient (Wildman–Crippen LogP) is 3.27. The minimum Gasteiger partial charge on any atom is -0.473 e. The summed E-state index contributed by atoms with van der Waals surface area (Å²) in [7, 11) is 0. The molecule has 1 aromatic heterocycles. The molecule has 0 saturated carbocycles. The molecule has 1 aromatic carbocycles. The van der Waals surface area contributed by atoms with Gasteiger partial charge >= 0.3 is 0 Å². The zero-order valence-corrected chi connectivity index (χ0v) is 10.2. The Morgan fingerprint density at radius 2 is 1.87 bits per heavy atom. The Labute approximate surface area is 102 Å². The lowest BCUT2D eigenvalue weighted by Crippen LogP contribution is -1.96. The second-order valence-corrected chi connectivity index (χ2v) is 4.33. The van der Waals surface area contributed by atoms with Crippen molar-refractivity contribution in [1.29, 1.82) is 0 Å². The summed E-state index contributed by atoms with van der Waals surface area (Å²) in [6.45, 7) is 0.564. The lowest BCUT2D eigenvalue weighted by Gasteiger charge is -2.04. The molecule has 3 heteroatoms. The van der Waals surface area contributed by atoms with Crippen LogP contribution < -0.4 is 4.74 Å².